The Kier molecular flexibility index (Phi) is 3.30. The summed E-state index contributed by atoms with van der Waals surface area (Å²) in [6.45, 7) is 1.00. The Morgan fingerprint density at radius 1 is 1.54 bits per heavy atom. The zero-order chi connectivity index (χ0) is 9.26. The Morgan fingerprint density at radius 2 is 2.38 bits per heavy atom. The van der Waals surface area contributed by atoms with E-state index >= 15 is 0 Å². The van der Waals surface area contributed by atoms with Gasteiger partial charge in [0.15, 0.2) is 0 Å². The summed E-state index contributed by atoms with van der Waals surface area (Å²) in [6, 6.07) is 0. The van der Waals surface area contributed by atoms with Gasteiger partial charge in [0.05, 0.1) is 0 Å². The van der Waals surface area contributed by atoms with E-state index in [-0.39, 0.29) is 0 Å². The molecular weight excluding hydrogens is 363 g/mol. The minimum atomic E-state index is 0.334. The minimum absolute atomic E-state index is 0.334. The number of fused-ring (bicyclic) bond motifs is 1. The van der Waals surface area contributed by atoms with Gasteiger partial charge >= 0.3 is 101 Å². The van der Waals surface area contributed by atoms with Crippen molar-refractivity contribution in [2.75, 3.05) is 10.8 Å². The third-order valence-corrected chi connectivity index (χ3v) is 4.85. The Hall–Kier alpha value is 0.429. The summed E-state index contributed by atoms with van der Waals surface area (Å²) in [5, 5.41) is 0.922. The van der Waals surface area contributed by atoms with Crippen molar-refractivity contribution < 1.29 is 0 Å². The maximum atomic E-state index is 4.33. The van der Waals surface area contributed by atoms with Crippen molar-refractivity contribution in [2.45, 2.75) is 6.54 Å². The number of allylic oxidation sites excluding steroid dienone is 1. The van der Waals surface area contributed by atoms with Crippen LogP contribution in [0.15, 0.2) is 11.9 Å². The number of halogens is 2. The molecule has 0 radical (unpaired) electrons. The molecule has 0 N–H and O–H groups in total. The van der Waals surface area contributed by atoms with Crippen molar-refractivity contribution in [1.82, 2.24) is 8.88 Å². The third-order valence-electron chi connectivity index (χ3n) is 2.02. The SMILES string of the molecule is BrCC1=Cc2[se]ncc2CN1CBr. The molecule has 2 nitrogen and oxygen atoms in total. The first-order chi connectivity index (χ1) is 6.35. The second kappa shape index (κ2) is 4.30. The van der Waals surface area contributed by atoms with E-state index < -0.39 is 0 Å². The molecule has 0 bridgehead atoms. The zero-order valence-electron chi connectivity index (χ0n) is 6.83. The summed E-state index contributed by atoms with van der Waals surface area (Å²) >= 11 is 7.33. The van der Waals surface area contributed by atoms with Crippen LogP contribution in [-0.2, 0) is 6.54 Å². The van der Waals surface area contributed by atoms with Crippen LogP contribution in [0.25, 0.3) is 6.08 Å². The molecule has 0 unspecified atom stereocenters. The van der Waals surface area contributed by atoms with Crippen LogP contribution in [0.2, 0.25) is 0 Å². The average Bonchev–Trinajstić information content (AvgIpc) is 2.62. The summed E-state index contributed by atoms with van der Waals surface area (Å²) in [7, 11) is 0. The van der Waals surface area contributed by atoms with E-state index in [1.54, 1.807) is 0 Å². The Morgan fingerprint density at radius 3 is 3.08 bits per heavy atom. The summed E-state index contributed by atoms with van der Waals surface area (Å²) < 4.78 is 5.77. The van der Waals surface area contributed by atoms with Crippen molar-refractivity contribution in [3.05, 3.63) is 21.9 Å². The second-order valence-electron chi connectivity index (χ2n) is 2.80. The van der Waals surface area contributed by atoms with Gasteiger partial charge in [-0.3, -0.25) is 0 Å². The van der Waals surface area contributed by atoms with Crippen LogP contribution in [-0.4, -0.2) is 34.4 Å². The Labute approximate surface area is 100 Å². The average molecular weight is 371 g/mol. The first-order valence-corrected chi connectivity index (χ1v) is 7.72. The second-order valence-corrected chi connectivity index (χ2v) is 5.61. The summed E-state index contributed by atoms with van der Waals surface area (Å²) in [6.07, 6.45) is 4.29. The Balaban J connectivity index is 2.35. The predicted molar refractivity (Wildman–Crippen MR) is 62.3 cm³/mol. The van der Waals surface area contributed by atoms with Crippen LogP contribution < -0.4 is 0 Å². The molecule has 13 heavy (non-hydrogen) atoms. The number of hydrogen-bond acceptors (Lipinski definition) is 2. The molecule has 1 aromatic heterocycles. The fourth-order valence-electron chi connectivity index (χ4n) is 1.30. The van der Waals surface area contributed by atoms with Gasteiger partial charge in [-0.05, 0) is 0 Å². The summed E-state index contributed by atoms with van der Waals surface area (Å²) in [4.78, 5) is 2.31. The number of alkyl halides is 2. The molecule has 0 amide bonds. The third kappa shape index (κ3) is 1.94. The molecule has 0 atom stereocenters. The first kappa shape index (κ1) is 9.96. The molecule has 0 aromatic carbocycles. The molecule has 5 heteroatoms. The molecule has 0 saturated carbocycles. The van der Waals surface area contributed by atoms with Crippen molar-refractivity contribution in [1.29, 1.82) is 0 Å². The van der Waals surface area contributed by atoms with E-state index in [0.717, 1.165) is 17.3 Å². The monoisotopic (exact) mass is 370 g/mol. The molecule has 1 aromatic rings. The van der Waals surface area contributed by atoms with Crippen LogP contribution in [0.4, 0.5) is 0 Å². The van der Waals surface area contributed by atoms with Crippen molar-refractivity contribution >= 4 is 52.7 Å². The standard InChI is InChI=1S/C8H8Br2N2Se/c9-2-7-1-8-6(3-11-13-8)4-12(7)5-10/h1,3H,2,4-5H2. The fourth-order valence-corrected chi connectivity index (χ4v) is 3.82. The van der Waals surface area contributed by atoms with Crippen LogP contribution in [0.1, 0.15) is 10.0 Å². The summed E-state index contributed by atoms with van der Waals surface area (Å²) in [5.74, 6) is 0. The number of aromatic nitrogens is 1. The normalized spacial score (nSPS) is 15.5. The van der Waals surface area contributed by atoms with E-state index in [2.05, 4.69) is 46.8 Å². The number of nitrogens with zero attached hydrogens (tertiary/aromatic N) is 2. The van der Waals surface area contributed by atoms with E-state index in [9.17, 15) is 0 Å². The quantitative estimate of drug-likeness (QED) is 0.450. The van der Waals surface area contributed by atoms with Crippen molar-refractivity contribution in [3.8, 4) is 0 Å². The fraction of sp³-hybridized carbons (Fsp3) is 0.375. The molecule has 1 aliphatic heterocycles. The number of rotatable bonds is 2. The predicted octanol–water partition coefficient (Wildman–Crippen LogP) is 2.04. The van der Waals surface area contributed by atoms with E-state index in [1.807, 2.05) is 6.20 Å². The molecule has 0 aliphatic carbocycles. The van der Waals surface area contributed by atoms with E-state index in [1.165, 1.54) is 15.7 Å². The van der Waals surface area contributed by atoms with Crippen LogP contribution >= 0.6 is 31.9 Å². The van der Waals surface area contributed by atoms with Gasteiger partial charge in [0, 0.05) is 0 Å². The van der Waals surface area contributed by atoms with Gasteiger partial charge in [0.1, 0.15) is 0 Å². The van der Waals surface area contributed by atoms with Gasteiger partial charge in [-0.1, -0.05) is 0 Å². The van der Waals surface area contributed by atoms with Gasteiger partial charge in [-0.25, -0.2) is 0 Å². The first-order valence-electron chi connectivity index (χ1n) is 3.86. The van der Waals surface area contributed by atoms with Gasteiger partial charge in [-0.2, -0.15) is 0 Å². The zero-order valence-corrected chi connectivity index (χ0v) is 11.7. The Bertz CT molecular complexity index is 335. The molecule has 1 aliphatic rings. The van der Waals surface area contributed by atoms with Gasteiger partial charge < -0.3 is 0 Å². The molecule has 0 saturated heterocycles. The molecule has 70 valence electrons. The molecule has 0 fully saturated rings. The summed E-state index contributed by atoms with van der Waals surface area (Å²) in [5.41, 5.74) is 3.63. The van der Waals surface area contributed by atoms with Crippen LogP contribution in [0, 0.1) is 0 Å². The van der Waals surface area contributed by atoms with Gasteiger partial charge in [0.25, 0.3) is 0 Å². The van der Waals surface area contributed by atoms with Crippen molar-refractivity contribution in [3.63, 3.8) is 0 Å². The van der Waals surface area contributed by atoms with Gasteiger partial charge in [-0.15, -0.1) is 0 Å². The van der Waals surface area contributed by atoms with Crippen molar-refractivity contribution in [2.24, 2.45) is 0 Å². The van der Waals surface area contributed by atoms with E-state index in [0.29, 0.717) is 14.7 Å². The molecule has 0 spiro atoms. The molecular formula is C8H8Br2N2Se. The van der Waals surface area contributed by atoms with Crippen LogP contribution in [0.5, 0.6) is 0 Å². The molecule has 2 heterocycles. The van der Waals surface area contributed by atoms with E-state index in [4.69, 9.17) is 0 Å². The van der Waals surface area contributed by atoms with Crippen LogP contribution in [0.3, 0.4) is 0 Å². The van der Waals surface area contributed by atoms with Gasteiger partial charge in [0.2, 0.25) is 0 Å². The molecule has 2 rings (SSSR count). The number of hydrogen-bond donors (Lipinski definition) is 0. The maximum absolute atomic E-state index is 4.33. The topological polar surface area (TPSA) is 16.1 Å².